The number of carbonyl (C=O) groups excluding carboxylic acids is 1. The minimum absolute atomic E-state index is 0.204. The monoisotopic (exact) mass is 254 g/mol. The Kier molecular flexibility index (Phi) is 6.32. The summed E-state index contributed by atoms with van der Waals surface area (Å²) < 4.78 is 13.4. The van der Waals surface area contributed by atoms with E-state index in [4.69, 9.17) is 10.8 Å². The number of nitrogens with one attached hydrogen (secondary N) is 1. The number of benzene rings is 1. The number of primary amides is 1. The first-order valence-corrected chi connectivity index (χ1v) is 6.05. The van der Waals surface area contributed by atoms with E-state index in [1.54, 1.807) is 0 Å². The van der Waals surface area contributed by atoms with E-state index in [1.165, 1.54) is 18.2 Å². The molecule has 0 aliphatic carbocycles. The molecular formula is C13H19FN2O2. The lowest BCUT2D eigenvalue weighted by Gasteiger charge is -2.07. The second-order valence-corrected chi connectivity index (χ2v) is 4.13. The van der Waals surface area contributed by atoms with E-state index in [0.717, 1.165) is 25.8 Å². The Morgan fingerprint density at radius 3 is 2.78 bits per heavy atom. The van der Waals surface area contributed by atoms with Crippen molar-refractivity contribution < 1.29 is 14.3 Å². The molecule has 5 heteroatoms. The highest BCUT2D eigenvalue weighted by Gasteiger charge is 2.06. The smallest absolute Gasteiger partial charge is 0.248 e. The van der Waals surface area contributed by atoms with Gasteiger partial charge < -0.3 is 16.2 Å². The average Bonchev–Trinajstić information content (AvgIpc) is 2.35. The number of halogens is 1. The SMILES string of the molecule is NC(=O)c1ccc(F)c(CNCCCCCO)c1. The van der Waals surface area contributed by atoms with Gasteiger partial charge in [-0.25, -0.2) is 4.39 Å². The van der Waals surface area contributed by atoms with Crippen molar-refractivity contribution in [3.8, 4) is 0 Å². The van der Waals surface area contributed by atoms with Crippen LogP contribution < -0.4 is 11.1 Å². The number of carbonyl (C=O) groups is 1. The van der Waals surface area contributed by atoms with E-state index in [0.29, 0.717) is 17.7 Å². The standard InChI is InChI=1S/C13H19FN2O2/c14-12-5-4-10(13(15)18)8-11(12)9-16-6-2-1-3-7-17/h4-5,8,16-17H,1-3,6-7,9H2,(H2,15,18). The molecule has 0 heterocycles. The fourth-order valence-corrected chi connectivity index (χ4v) is 1.63. The van der Waals surface area contributed by atoms with Gasteiger partial charge in [0.15, 0.2) is 0 Å². The van der Waals surface area contributed by atoms with Gasteiger partial charge in [-0.3, -0.25) is 4.79 Å². The van der Waals surface area contributed by atoms with Crippen LogP contribution in [-0.4, -0.2) is 24.2 Å². The van der Waals surface area contributed by atoms with Crippen LogP contribution in [0.25, 0.3) is 0 Å². The van der Waals surface area contributed by atoms with Crippen molar-refractivity contribution >= 4 is 5.91 Å². The molecule has 18 heavy (non-hydrogen) atoms. The number of rotatable bonds is 8. The van der Waals surface area contributed by atoms with Crippen LogP contribution in [0.4, 0.5) is 4.39 Å². The average molecular weight is 254 g/mol. The van der Waals surface area contributed by atoms with Gasteiger partial charge in [-0.05, 0) is 44.0 Å². The predicted octanol–water partition coefficient (Wildman–Crippen LogP) is 1.18. The number of nitrogens with two attached hydrogens (primary N) is 1. The highest BCUT2D eigenvalue weighted by atomic mass is 19.1. The number of aliphatic hydroxyl groups is 1. The molecule has 0 radical (unpaired) electrons. The molecule has 0 spiro atoms. The van der Waals surface area contributed by atoms with Gasteiger partial charge >= 0.3 is 0 Å². The molecule has 0 aromatic heterocycles. The van der Waals surface area contributed by atoms with Crippen LogP contribution in [0.3, 0.4) is 0 Å². The molecule has 0 bridgehead atoms. The third-order valence-electron chi connectivity index (χ3n) is 2.66. The van der Waals surface area contributed by atoms with Crippen molar-refractivity contribution in [2.24, 2.45) is 5.73 Å². The molecule has 1 rings (SSSR count). The maximum absolute atomic E-state index is 13.4. The second kappa shape index (κ2) is 7.79. The summed E-state index contributed by atoms with van der Waals surface area (Å²) in [4.78, 5) is 11.0. The predicted molar refractivity (Wildman–Crippen MR) is 67.6 cm³/mol. The highest BCUT2D eigenvalue weighted by molar-refractivity contribution is 5.92. The Balaban J connectivity index is 2.41. The van der Waals surface area contributed by atoms with Crippen molar-refractivity contribution in [1.82, 2.24) is 5.32 Å². The summed E-state index contributed by atoms with van der Waals surface area (Å²) in [6.45, 7) is 1.32. The van der Waals surface area contributed by atoms with Crippen LogP contribution in [0.1, 0.15) is 35.2 Å². The third-order valence-corrected chi connectivity index (χ3v) is 2.66. The normalized spacial score (nSPS) is 10.6. The minimum Gasteiger partial charge on any atom is -0.396 e. The molecule has 4 nitrogen and oxygen atoms in total. The van der Waals surface area contributed by atoms with Crippen molar-refractivity contribution in [2.45, 2.75) is 25.8 Å². The lowest BCUT2D eigenvalue weighted by molar-refractivity contribution is 0.1000. The topological polar surface area (TPSA) is 75.4 Å². The fraction of sp³-hybridized carbons (Fsp3) is 0.462. The Bertz CT molecular complexity index is 397. The molecule has 100 valence electrons. The molecule has 0 fully saturated rings. The van der Waals surface area contributed by atoms with Gasteiger partial charge in [0, 0.05) is 24.3 Å². The van der Waals surface area contributed by atoms with Crippen LogP contribution in [0.15, 0.2) is 18.2 Å². The molecule has 1 aromatic rings. The Hall–Kier alpha value is -1.46. The Morgan fingerprint density at radius 1 is 1.33 bits per heavy atom. The van der Waals surface area contributed by atoms with Crippen LogP contribution in [0.2, 0.25) is 0 Å². The number of hydrogen-bond acceptors (Lipinski definition) is 3. The number of unbranched alkanes of at least 4 members (excludes halogenated alkanes) is 2. The van der Waals surface area contributed by atoms with Gasteiger partial charge in [0.05, 0.1) is 0 Å². The van der Waals surface area contributed by atoms with Crippen LogP contribution >= 0.6 is 0 Å². The van der Waals surface area contributed by atoms with E-state index in [9.17, 15) is 9.18 Å². The maximum Gasteiger partial charge on any atom is 0.248 e. The summed E-state index contributed by atoms with van der Waals surface area (Å²) in [6, 6.07) is 4.10. The quantitative estimate of drug-likeness (QED) is 0.610. The summed E-state index contributed by atoms with van der Waals surface area (Å²) >= 11 is 0. The molecule has 0 unspecified atom stereocenters. The lowest BCUT2D eigenvalue weighted by atomic mass is 10.1. The van der Waals surface area contributed by atoms with Gasteiger partial charge in [-0.2, -0.15) is 0 Å². The number of amides is 1. The zero-order valence-electron chi connectivity index (χ0n) is 10.3. The molecule has 0 atom stereocenters. The zero-order valence-corrected chi connectivity index (χ0v) is 10.3. The second-order valence-electron chi connectivity index (χ2n) is 4.13. The molecular weight excluding hydrogens is 235 g/mol. The molecule has 0 aliphatic rings. The van der Waals surface area contributed by atoms with Crippen LogP contribution in [0, 0.1) is 5.82 Å². The van der Waals surface area contributed by atoms with Crippen LogP contribution in [-0.2, 0) is 6.54 Å². The number of aliphatic hydroxyl groups excluding tert-OH is 1. The van der Waals surface area contributed by atoms with Gasteiger partial charge in [-0.15, -0.1) is 0 Å². The summed E-state index contributed by atoms with van der Waals surface area (Å²) in [6.07, 6.45) is 2.65. The first-order valence-electron chi connectivity index (χ1n) is 6.05. The Labute approximate surface area is 106 Å². The summed E-state index contributed by atoms with van der Waals surface area (Å²) in [5, 5.41) is 11.7. The summed E-state index contributed by atoms with van der Waals surface area (Å²) in [7, 11) is 0. The van der Waals surface area contributed by atoms with Crippen molar-refractivity contribution in [3.63, 3.8) is 0 Å². The largest absolute Gasteiger partial charge is 0.396 e. The molecule has 0 aliphatic heterocycles. The van der Waals surface area contributed by atoms with Crippen LogP contribution in [0.5, 0.6) is 0 Å². The highest BCUT2D eigenvalue weighted by Crippen LogP contribution is 2.10. The summed E-state index contributed by atoms with van der Waals surface area (Å²) in [5.74, 6) is -0.901. The van der Waals surface area contributed by atoms with Crippen molar-refractivity contribution in [1.29, 1.82) is 0 Å². The number of hydrogen-bond donors (Lipinski definition) is 3. The van der Waals surface area contributed by atoms with E-state index < -0.39 is 5.91 Å². The van der Waals surface area contributed by atoms with Gasteiger partial charge in [0.2, 0.25) is 5.91 Å². The van der Waals surface area contributed by atoms with Crippen molar-refractivity contribution in [3.05, 3.63) is 35.1 Å². The van der Waals surface area contributed by atoms with Gasteiger partial charge in [-0.1, -0.05) is 0 Å². The van der Waals surface area contributed by atoms with E-state index in [1.807, 2.05) is 0 Å². The minimum atomic E-state index is -0.556. The fourth-order valence-electron chi connectivity index (χ4n) is 1.63. The summed E-state index contributed by atoms with van der Waals surface area (Å²) in [5.41, 5.74) is 5.89. The van der Waals surface area contributed by atoms with E-state index in [-0.39, 0.29) is 12.4 Å². The molecule has 0 saturated carbocycles. The lowest BCUT2D eigenvalue weighted by Crippen LogP contribution is -2.17. The first kappa shape index (κ1) is 14.6. The molecule has 1 aromatic carbocycles. The van der Waals surface area contributed by atoms with Crippen molar-refractivity contribution in [2.75, 3.05) is 13.2 Å². The van der Waals surface area contributed by atoms with E-state index in [2.05, 4.69) is 5.32 Å². The van der Waals surface area contributed by atoms with Gasteiger partial charge in [0.1, 0.15) is 5.82 Å². The first-order chi connectivity index (χ1) is 8.65. The maximum atomic E-state index is 13.4. The zero-order chi connectivity index (χ0) is 13.4. The van der Waals surface area contributed by atoms with E-state index >= 15 is 0 Å². The molecule has 1 amide bonds. The van der Waals surface area contributed by atoms with Gasteiger partial charge in [0.25, 0.3) is 0 Å². The molecule has 0 saturated heterocycles. The third kappa shape index (κ3) is 4.81. The Morgan fingerprint density at radius 2 is 2.11 bits per heavy atom. The molecule has 4 N–H and O–H groups in total.